The van der Waals surface area contributed by atoms with Crippen LogP contribution in [0.15, 0.2) is 24.0 Å². The molecule has 2 aromatic heterocycles. The van der Waals surface area contributed by atoms with Crippen LogP contribution >= 0.6 is 11.3 Å². The average molecular weight is 347 g/mol. The quantitative estimate of drug-likeness (QED) is 0.920. The van der Waals surface area contributed by atoms with Crippen LogP contribution in [-0.4, -0.2) is 46.3 Å². The molecule has 4 rings (SSSR count). The van der Waals surface area contributed by atoms with Gasteiger partial charge in [-0.15, -0.1) is 11.3 Å². The van der Waals surface area contributed by atoms with Crippen LogP contribution in [0.5, 0.6) is 0 Å². The van der Waals surface area contributed by atoms with E-state index in [2.05, 4.69) is 30.1 Å². The fourth-order valence-corrected chi connectivity index (χ4v) is 4.47. The lowest BCUT2D eigenvalue weighted by Crippen LogP contribution is -2.50. The molecule has 24 heavy (non-hydrogen) atoms. The number of thiazole rings is 1. The number of hydrogen-bond donors (Lipinski definition) is 1. The molecule has 0 aromatic carbocycles. The smallest absolute Gasteiger partial charge is 0.185 e. The Labute approximate surface area is 146 Å². The molecule has 0 bridgehead atoms. The maximum Gasteiger partial charge on any atom is 0.185 e. The van der Waals surface area contributed by atoms with Crippen LogP contribution in [0, 0.1) is 0 Å². The summed E-state index contributed by atoms with van der Waals surface area (Å²) < 4.78 is 8.15. The van der Waals surface area contributed by atoms with Crippen molar-refractivity contribution >= 4 is 16.5 Å². The minimum absolute atomic E-state index is 0.0655. The Kier molecular flexibility index (Phi) is 4.82. The van der Waals surface area contributed by atoms with Crippen LogP contribution in [0.3, 0.4) is 0 Å². The number of aromatic nitrogens is 3. The Morgan fingerprint density at radius 3 is 2.79 bits per heavy atom. The monoisotopic (exact) mass is 347 g/mol. The van der Waals surface area contributed by atoms with Crippen LogP contribution in [0.1, 0.15) is 37.6 Å². The highest BCUT2D eigenvalue weighted by atomic mass is 32.1. The molecule has 2 atom stereocenters. The second kappa shape index (κ2) is 7.21. The van der Waals surface area contributed by atoms with Crippen LogP contribution < -0.4 is 10.2 Å². The molecule has 2 aliphatic rings. The fraction of sp³-hybridized carbons (Fsp3) is 0.647. The van der Waals surface area contributed by atoms with Gasteiger partial charge in [-0.1, -0.05) is 0 Å². The standard InChI is InChI=1S/C17H25N5OS/c1-21-10-6-18-16(21)15-14(3-2-11-23-15)20-13-4-8-22(9-5-13)17-19-7-12-24-17/h6-7,10,12-15,20H,2-5,8-9,11H2,1H3/t14-,15-/m0/s1. The van der Waals surface area contributed by atoms with E-state index < -0.39 is 0 Å². The van der Waals surface area contributed by atoms with Gasteiger partial charge in [-0.25, -0.2) is 9.97 Å². The SMILES string of the molecule is Cn1ccnc1[C@H]1OCCC[C@@H]1NC1CCN(c2nccs2)CC1. The maximum absolute atomic E-state index is 6.07. The van der Waals surface area contributed by atoms with Gasteiger partial charge in [0.2, 0.25) is 0 Å². The van der Waals surface area contributed by atoms with Gasteiger partial charge in [0.15, 0.2) is 5.13 Å². The van der Waals surface area contributed by atoms with Gasteiger partial charge in [0.1, 0.15) is 11.9 Å². The van der Waals surface area contributed by atoms with Crippen molar-refractivity contribution in [1.82, 2.24) is 19.9 Å². The number of nitrogens with one attached hydrogen (secondary N) is 1. The Hall–Kier alpha value is -1.44. The van der Waals surface area contributed by atoms with Crippen LogP contribution in [-0.2, 0) is 11.8 Å². The molecule has 6 nitrogen and oxygen atoms in total. The van der Waals surface area contributed by atoms with E-state index in [9.17, 15) is 0 Å². The van der Waals surface area contributed by atoms with Crippen molar-refractivity contribution in [2.24, 2.45) is 7.05 Å². The zero-order valence-corrected chi connectivity index (χ0v) is 14.9. The largest absolute Gasteiger partial charge is 0.369 e. The summed E-state index contributed by atoms with van der Waals surface area (Å²) in [6.45, 7) is 2.98. The third-order valence-corrected chi connectivity index (χ3v) is 5.90. The highest BCUT2D eigenvalue weighted by Gasteiger charge is 2.32. The number of ether oxygens (including phenoxy) is 1. The van der Waals surface area contributed by atoms with Crippen molar-refractivity contribution in [1.29, 1.82) is 0 Å². The molecule has 2 fully saturated rings. The van der Waals surface area contributed by atoms with E-state index in [0.29, 0.717) is 12.1 Å². The van der Waals surface area contributed by atoms with E-state index in [0.717, 1.165) is 56.3 Å². The lowest BCUT2D eigenvalue weighted by atomic mass is 9.97. The molecule has 0 unspecified atom stereocenters. The molecule has 0 radical (unpaired) electrons. The van der Waals surface area contributed by atoms with E-state index in [1.807, 2.05) is 25.6 Å². The van der Waals surface area contributed by atoms with Gasteiger partial charge in [0.05, 0.1) is 0 Å². The van der Waals surface area contributed by atoms with Crippen molar-refractivity contribution in [2.75, 3.05) is 24.6 Å². The highest BCUT2D eigenvalue weighted by Crippen LogP contribution is 2.29. The highest BCUT2D eigenvalue weighted by molar-refractivity contribution is 7.13. The third kappa shape index (κ3) is 3.34. The van der Waals surface area contributed by atoms with Crippen molar-refractivity contribution in [3.05, 3.63) is 29.8 Å². The first kappa shape index (κ1) is 16.1. The van der Waals surface area contributed by atoms with E-state index >= 15 is 0 Å². The first-order valence-electron chi connectivity index (χ1n) is 8.80. The van der Waals surface area contributed by atoms with E-state index in [1.165, 1.54) is 0 Å². The molecule has 1 N–H and O–H groups in total. The number of anilines is 1. The summed E-state index contributed by atoms with van der Waals surface area (Å²) in [7, 11) is 2.05. The molecule has 0 aliphatic carbocycles. The van der Waals surface area contributed by atoms with Gasteiger partial charge in [-0.05, 0) is 25.7 Å². The zero-order chi connectivity index (χ0) is 16.4. The molecular weight excluding hydrogens is 322 g/mol. The molecule has 0 spiro atoms. The van der Waals surface area contributed by atoms with Gasteiger partial charge in [-0.3, -0.25) is 0 Å². The lowest BCUT2D eigenvalue weighted by molar-refractivity contribution is -0.0211. The second-order valence-electron chi connectivity index (χ2n) is 6.68. The second-order valence-corrected chi connectivity index (χ2v) is 7.55. The van der Waals surface area contributed by atoms with Crippen molar-refractivity contribution in [2.45, 2.75) is 43.9 Å². The van der Waals surface area contributed by atoms with Crippen molar-refractivity contribution in [3.63, 3.8) is 0 Å². The Morgan fingerprint density at radius 1 is 1.21 bits per heavy atom. The molecule has 0 saturated carbocycles. The topological polar surface area (TPSA) is 55.2 Å². The summed E-state index contributed by atoms with van der Waals surface area (Å²) in [5.74, 6) is 1.03. The third-order valence-electron chi connectivity index (χ3n) is 5.07. The molecule has 2 saturated heterocycles. The maximum atomic E-state index is 6.07. The van der Waals surface area contributed by atoms with Crippen LogP contribution in [0.25, 0.3) is 0 Å². The minimum Gasteiger partial charge on any atom is -0.369 e. The number of nitrogens with zero attached hydrogens (tertiary/aromatic N) is 4. The van der Waals surface area contributed by atoms with Crippen LogP contribution in [0.2, 0.25) is 0 Å². The predicted molar refractivity (Wildman–Crippen MR) is 95.4 cm³/mol. The molecule has 2 aliphatic heterocycles. The van der Waals surface area contributed by atoms with E-state index in [-0.39, 0.29) is 6.10 Å². The first-order valence-corrected chi connectivity index (χ1v) is 9.68. The molecule has 0 amide bonds. The number of rotatable bonds is 4. The summed E-state index contributed by atoms with van der Waals surface area (Å²) in [5.41, 5.74) is 0. The van der Waals surface area contributed by atoms with Gasteiger partial charge < -0.3 is 19.5 Å². The molecule has 4 heterocycles. The Bertz CT molecular complexity index is 635. The summed E-state index contributed by atoms with van der Waals surface area (Å²) >= 11 is 1.73. The van der Waals surface area contributed by atoms with Gasteiger partial charge in [0.25, 0.3) is 0 Å². The predicted octanol–water partition coefficient (Wildman–Crippen LogP) is 2.36. The minimum atomic E-state index is 0.0655. The number of imidazole rings is 1. The van der Waals surface area contributed by atoms with Gasteiger partial charge >= 0.3 is 0 Å². The summed E-state index contributed by atoms with van der Waals surface area (Å²) in [5, 5.41) is 7.07. The lowest BCUT2D eigenvalue weighted by Gasteiger charge is -2.38. The summed E-state index contributed by atoms with van der Waals surface area (Å²) in [6.07, 6.45) is 10.4. The van der Waals surface area contributed by atoms with Crippen molar-refractivity contribution in [3.8, 4) is 0 Å². The van der Waals surface area contributed by atoms with Gasteiger partial charge in [0, 0.05) is 62.8 Å². The van der Waals surface area contributed by atoms with Gasteiger partial charge in [-0.2, -0.15) is 0 Å². The van der Waals surface area contributed by atoms with E-state index in [1.54, 1.807) is 11.3 Å². The zero-order valence-electron chi connectivity index (χ0n) is 14.1. The Balaban J connectivity index is 1.37. The molecular formula is C17H25N5OS. The Morgan fingerprint density at radius 2 is 2.08 bits per heavy atom. The number of hydrogen-bond acceptors (Lipinski definition) is 6. The van der Waals surface area contributed by atoms with E-state index in [4.69, 9.17) is 4.74 Å². The average Bonchev–Trinajstić information content (AvgIpc) is 3.28. The first-order chi connectivity index (χ1) is 11.8. The number of piperidine rings is 1. The summed E-state index contributed by atoms with van der Waals surface area (Å²) in [6, 6.07) is 0.909. The number of aryl methyl sites for hydroxylation is 1. The van der Waals surface area contributed by atoms with Crippen molar-refractivity contribution < 1.29 is 4.74 Å². The normalized spacial score (nSPS) is 26.0. The fourth-order valence-electron chi connectivity index (χ4n) is 3.77. The summed E-state index contributed by atoms with van der Waals surface area (Å²) in [4.78, 5) is 11.3. The molecule has 130 valence electrons. The molecule has 7 heteroatoms. The molecule has 2 aromatic rings. The van der Waals surface area contributed by atoms with Crippen LogP contribution in [0.4, 0.5) is 5.13 Å².